The molecule has 2 rings (SSSR count). The van der Waals surface area contributed by atoms with E-state index >= 15 is 0 Å². The average molecular weight is 246 g/mol. The second kappa shape index (κ2) is 5.85. The summed E-state index contributed by atoms with van der Waals surface area (Å²) < 4.78 is 0. The molecule has 2 heteroatoms. The molecule has 1 aromatic carbocycles. The van der Waals surface area contributed by atoms with Gasteiger partial charge in [0.2, 0.25) is 0 Å². The highest BCUT2D eigenvalue weighted by Crippen LogP contribution is 2.30. The Morgan fingerprint density at radius 3 is 2.44 bits per heavy atom. The van der Waals surface area contributed by atoms with E-state index in [4.69, 9.17) is 5.73 Å². The molecule has 2 nitrogen and oxygen atoms in total. The van der Waals surface area contributed by atoms with Gasteiger partial charge in [-0.3, -0.25) is 4.90 Å². The normalized spacial score (nSPS) is 26.0. The summed E-state index contributed by atoms with van der Waals surface area (Å²) in [5.41, 5.74) is 10.5. The van der Waals surface area contributed by atoms with Gasteiger partial charge >= 0.3 is 0 Å². The molecular weight excluding hydrogens is 220 g/mol. The lowest BCUT2D eigenvalue weighted by Gasteiger charge is -2.33. The average Bonchev–Trinajstić information content (AvgIpc) is 2.49. The molecule has 2 N–H and O–H groups in total. The first-order valence-electron chi connectivity index (χ1n) is 7.19. The summed E-state index contributed by atoms with van der Waals surface area (Å²) >= 11 is 0. The molecule has 0 aromatic heterocycles. The van der Waals surface area contributed by atoms with Crippen LogP contribution in [0.2, 0.25) is 0 Å². The second-order valence-corrected chi connectivity index (χ2v) is 5.65. The van der Waals surface area contributed by atoms with Gasteiger partial charge in [0.15, 0.2) is 0 Å². The Bertz CT molecular complexity index is 380. The zero-order chi connectivity index (χ0) is 13.1. The Labute approximate surface area is 111 Å². The van der Waals surface area contributed by atoms with Gasteiger partial charge in [0.05, 0.1) is 0 Å². The van der Waals surface area contributed by atoms with Crippen LogP contribution in [-0.2, 0) is 0 Å². The largest absolute Gasteiger partial charge is 0.326 e. The van der Waals surface area contributed by atoms with E-state index < -0.39 is 0 Å². The van der Waals surface area contributed by atoms with Gasteiger partial charge in [-0.1, -0.05) is 42.7 Å². The molecule has 2 unspecified atom stereocenters. The molecule has 2 atom stereocenters. The molecule has 100 valence electrons. The maximum atomic E-state index is 6.44. The van der Waals surface area contributed by atoms with Crippen molar-refractivity contribution in [3.05, 3.63) is 34.9 Å². The standard InChI is InChI=1S/C16H26N2/c1-4-18-8-6-5-7-15(17)16(18)14-10-12(2)9-13(3)11-14/h9-11,15-16H,4-8,17H2,1-3H3. The maximum Gasteiger partial charge on any atom is 0.0499 e. The minimum atomic E-state index is 0.272. The van der Waals surface area contributed by atoms with E-state index in [0.717, 1.165) is 13.0 Å². The van der Waals surface area contributed by atoms with Crippen LogP contribution in [-0.4, -0.2) is 24.0 Å². The van der Waals surface area contributed by atoms with Crippen molar-refractivity contribution >= 4 is 0 Å². The fourth-order valence-corrected chi connectivity index (χ4v) is 3.26. The topological polar surface area (TPSA) is 29.3 Å². The molecule has 1 aliphatic heterocycles. The third-order valence-corrected chi connectivity index (χ3v) is 4.02. The summed E-state index contributed by atoms with van der Waals surface area (Å²) in [7, 11) is 0. The van der Waals surface area contributed by atoms with Crippen molar-refractivity contribution in [1.82, 2.24) is 4.90 Å². The van der Waals surface area contributed by atoms with E-state index in [1.165, 1.54) is 36.1 Å². The van der Waals surface area contributed by atoms with Gasteiger partial charge in [-0.15, -0.1) is 0 Å². The number of aryl methyl sites for hydroxylation is 2. The Morgan fingerprint density at radius 1 is 1.17 bits per heavy atom. The maximum absolute atomic E-state index is 6.44. The van der Waals surface area contributed by atoms with Crippen molar-refractivity contribution in [2.75, 3.05) is 13.1 Å². The van der Waals surface area contributed by atoms with Gasteiger partial charge < -0.3 is 5.73 Å². The summed E-state index contributed by atoms with van der Waals surface area (Å²) in [6.45, 7) is 8.87. The minimum Gasteiger partial charge on any atom is -0.326 e. The molecule has 1 heterocycles. The van der Waals surface area contributed by atoms with E-state index in [-0.39, 0.29) is 6.04 Å². The highest BCUT2D eigenvalue weighted by atomic mass is 15.2. The lowest BCUT2D eigenvalue weighted by molar-refractivity contribution is 0.195. The van der Waals surface area contributed by atoms with Crippen LogP contribution < -0.4 is 5.73 Å². The van der Waals surface area contributed by atoms with Crippen LogP contribution in [0.15, 0.2) is 18.2 Å². The zero-order valence-electron chi connectivity index (χ0n) is 11.9. The summed E-state index contributed by atoms with van der Waals surface area (Å²) in [4.78, 5) is 2.55. The third kappa shape index (κ3) is 2.93. The molecule has 0 radical (unpaired) electrons. The van der Waals surface area contributed by atoms with Gasteiger partial charge in [0.25, 0.3) is 0 Å². The predicted molar refractivity (Wildman–Crippen MR) is 77.7 cm³/mol. The molecule has 1 aliphatic rings. The molecule has 1 saturated heterocycles. The molecule has 0 aliphatic carbocycles. The summed E-state index contributed by atoms with van der Waals surface area (Å²) in [6.07, 6.45) is 3.69. The molecule has 1 aromatic rings. The fraction of sp³-hybridized carbons (Fsp3) is 0.625. The highest BCUT2D eigenvalue weighted by Gasteiger charge is 2.27. The van der Waals surface area contributed by atoms with Crippen LogP contribution in [0.25, 0.3) is 0 Å². The van der Waals surface area contributed by atoms with E-state index in [1.807, 2.05) is 0 Å². The zero-order valence-corrected chi connectivity index (χ0v) is 11.9. The van der Waals surface area contributed by atoms with Gasteiger partial charge in [-0.05, 0) is 45.3 Å². The number of hydrogen-bond donors (Lipinski definition) is 1. The van der Waals surface area contributed by atoms with Crippen LogP contribution in [0.5, 0.6) is 0 Å². The first kappa shape index (κ1) is 13.6. The summed E-state index contributed by atoms with van der Waals surface area (Å²) in [5.74, 6) is 0. The van der Waals surface area contributed by atoms with Crippen molar-refractivity contribution in [3.63, 3.8) is 0 Å². The van der Waals surface area contributed by atoms with Crippen LogP contribution in [0.1, 0.15) is 48.9 Å². The lowest BCUT2D eigenvalue weighted by Crippen LogP contribution is -2.39. The SMILES string of the molecule is CCN1CCCCC(N)C1c1cc(C)cc(C)c1. The molecular formula is C16H26N2. The third-order valence-electron chi connectivity index (χ3n) is 4.02. The summed E-state index contributed by atoms with van der Waals surface area (Å²) in [5, 5.41) is 0. The highest BCUT2D eigenvalue weighted by molar-refractivity contribution is 5.31. The molecule has 0 bridgehead atoms. The van der Waals surface area contributed by atoms with Crippen LogP contribution in [0.3, 0.4) is 0 Å². The molecule has 1 fully saturated rings. The monoisotopic (exact) mass is 246 g/mol. The predicted octanol–water partition coefficient (Wildman–Crippen LogP) is 3.18. The van der Waals surface area contributed by atoms with E-state index in [1.54, 1.807) is 0 Å². The van der Waals surface area contributed by atoms with E-state index in [9.17, 15) is 0 Å². The molecule has 0 spiro atoms. The Hall–Kier alpha value is -0.860. The number of likely N-dealkylation sites (N-methyl/N-ethyl adjacent to an activating group) is 1. The smallest absolute Gasteiger partial charge is 0.0499 e. The first-order valence-corrected chi connectivity index (χ1v) is 7.19. The number of benzene rings is 1. The number of hydrogen-bond acceptors (Lipinski definition) is 2. The Balaban J connectivity index is 2.36. The van der Waals surface area contributed by atoms with Crippen molar-refractivity contribution in [1.29, 1.82) is 0 Å². The molecule has 0 saturated carbocycles. The minimum absolute atomic E-state index is 0.272. The lowest BCUT2D eigenvalue weighted by atomic mass is 9.94. The van der Waals surface area contributed by atoms with Crippen LogP contribution >= 0.6 is 0 Å². The van der Waals surface area contributed by atoms with Gasteiger partial charge in [-0.2, -0.15) is 0 Å². The number of nitrogens with two attached hydrogens (primary N) is 1. The molecule has 18 heavy (non-hydrogen) atoms. The van der Waals surface area contributed by atoms with Crippen molar-refractivity contribution < 1.29 is 0 Å². The van der Waals surface area contributed by atoms with E-state index in [2.05, 4.69) is 43.9 Å². The van der Waals surface area contributed by atoms with Gasteiger partial charge in [0.1, 0.15) is 0 Å². The van der Waals surface area contributed by atoms with Crippen molar-refractivity contribution in [3.8, 4) is 0 Å². The van der Waals surface area contributed by atoms with Crippen molar-refractivity contribution in [2.45, 2.75) is 52.1 Å². The first-order chi connectivity index (χ1) is 8.61. The number of likely N-dealkylation sites (tertiary alicyclic amines) is 1. The molecule has 0 amide bonds. The van der Waals surface area contributed by atoms with Gasteiger partial charge in [0, 0.05) is 12.1 Å². The van der Waals surface area contributed by atoms with Crippen LogP contribution in [0, 0.1) is 13.8 Å². The second-order valence-electron chi connectivity index (χ2n) is 5.65. The van der Waals surface area contributed by atoms with Gasteiger partial charge in [-0.25, -0.2) is 0 Å². The fourth-order valence-electron chi connectivity index (χ4n) is 3.26. The quantitative estimate of drug-likeness (QED) is 0.868. The number of rotatable bonds is 2. The summed E-state index contributed by atoms with van der Waals surface area (Å²) in [6, 6.07) is 7.53. The van der Waals surface area contributed by atoms with E-state index in [0.29, 0.717) is 6.04 Å². The Morgan fingerprint density at radius 2 is 1.83 bits per heavy atom. The van der Waals surface area contributed by atoms with Crippen molar-refractivity contribution in [2.24, 2.45) is 5.73 Å². The number of nitrogens with zero attached hydrogens (tertiary/aromatic N) is 1. The Kier molecular flexibility index (Phi) is 4.41. The van der Waals surface area contributed by atoms with Crippen LogP contribution in [0.4, 0.5) is 0 Å².